The second-order valence-corrected chi connectivity index (χ2v) is 5.34. The van der Waals surface area contributed by atoms with Gasteiger partial charge in [0.1, 0.15) is 0 Å². The quantitative estimate of drug-likeness (QED) is 0.639. The van der Waals surface area contributed by atoms with E-state index in [9.17, 15) is 0 Å². The van der Waals surface area contributed by atoms with E-state index in [0.717, 1.165) is 31.0 Å². The Balaban J connectivity index is 2.77. The van der Waals surface area contributed by atoms with Gasteiger partial charge in [-0.15, -0.1) is 0 Å². The largest absolute Gasteiger partial charge is 0.381 e. The van der Waals surface area contributed by atoms with E-state index in [2.05, 4.69) is 34.6 Å². The van der Waals surface area contributed by atoms with Gasteiger partial charge in [-0.1, -0.05) is 34.6 Å². The van der Waals surface area contributed by atoms with E-state index in [1.54, 1.807) is 0 Å². The van der Waals surface area contributed by atoms with Crippen molar-refractivity contribution in [1.29, 1.82) is 0 Å². The van der Waals surface area contributed by atoms with Crippen LogP contribution < -0.4 is 0 Å². The van der Waals surface area contributed by atoms with Crippen LogP contribution >= 0.6 is 0 Å². The molecule has 1 heterocycles. The third-order valence-electron chi connectivity index (χ3n) is 4.05. The van der Waals surface area contributed by atoms with Gasteiger partial charge in [0.05, 0.1) is 6.61 Å². The van der Waals surface area contributed by atoms with Crippen molar-refractivity contribution in [2.24, 2.45) is 23.2 Å². The summed E-state index contributed by atoms with van der Waals surface area (Å²) in [5.41, 5.74) is 0.492. The highest BCUT2D eigenvalue weighted by atomic mass is 16.5. The summed E-state index contributed by atoms with van der Waals surface area (Å²) in [5, 5.41) is 0. The van der Waals surface area contributed by atoms with Gasteiger partial charge in [-0.05, 0) is 29.6 Å². The maximum atomic E-state index is 5.59. The van der Waals surface area contributed by atoms with Crippen LogP contribution in [-0.4, -0.2) is 13.2 Å². The van der Waals surface area contributed by atoms with Gasteiger partial charge < -0.3 is 4.74 Å². The van der Waals surface area contributed by atoms with E-state index in [4.69, 9.17) is 4.74 Å². The van der Waals surface area contributed by atoms with Crippen molar-refractivity contribution in [1.82, 2.24) is 0 Å². The number of ether oxygens (including phenoxy) is 1. The predicted octanol–water partition coefficient (Wildman–Crippen LogP) is 3.34. The van der Waals surface area contributed by atoms with E-state index in [-0.39, 0.29) is 0 Å². The van der Waals surface area contributed by atoms with E-state index in [1.165, 1.54) is 6.42 Å². The van der Waals surface area contributed by atoms with Gasteiger partial charge in [0, 0.05) is 6.61 Å². The van der Waals surface area contributed by atoms with Crippen molar-refractivity contribution >= 4 is 0 Å². The van der Waals surface area contributed by atoms with E-state index < -0.39 is 0 Å². The topological polar surface area (TPSA) is 9.23 Å². The van der Waals surface area contributed by atoms with Crippen molar-refractivity contribution in [3.63, 3.8) is 0 Å². The lowest BCUT2D eigenvalue weighted by Gasteiger charge is -2.46. The smallest absolute Gasteiger partial charge is 0.0502 e. The van der Waals surface area contributed by atoms with Gasteiger partial charge in [-0.25, -0.2) is 0 Å². The van der Waals surface area contributed by atoms with Gasteiger partial charge in [-0.2, -0.15) is 0 Å². The molecule has 0 aromatic carbocycles. The monoisotopic (exact) mass is 184 g/mol. The van der Waals surface area contributed by atoms with Crippen LogP contribution in [0.25, 0.3) is 0 Å². The molecule has 1 saturated heterocycles. The zero-order valence-electron chi connectivity index (χ0n) is 9.76. The number of rotatable bonds is 2. The van der Waals surface area contributed by atoms with Crippen molar-refractivity contribution in [3.05, 3.63) is 0 Å². The molecule has 0 radical (unpaired) electrons. The Morgan fingerprint density at radius 1 is 1.23 bits per heavy atom. The molecule has 1 fully saturated rings. The molecule has 0 bridgehead atoms. The number of hydrogen-bond acceptors (Lipinski definition) is 1. The molecule has 0 amide bonds. The van der Waals surface area contributed by atoms with Crippen molar-refractivity contribution in [2.75, 3.05) is 13.2 Å². The molecule has 0 unspecified atom stereocenters. The Hall–Kier alpha value is -0.0400. The maximum absolute atomic E-state index is 5.59. The Morgan fingerprint density at radius 2 is 1.85 bits per heavy atom. The van der Waals surface area contributed by atoms with Gasteiger partial charge >= 0.3 is 0 Å². The molecule has 0 N–H and O–H groups in total. The molecule has 0 saturated carbocycles. The standard InChI is InChI=1S/C12H24O/c1-9(2)11-8-13-7-6-12(11,5)10(3)4/h9-11H,6-8H2,1-5H3/t11-,12+/m1/s1. The first-order chi connectivity index (χ1) is 5.98. The molecule has 13 heavy (non-hydrogen) atoms. The van der Waals surface area contributed by atoms with Crippen molar-refractivity contribution in [2.45, 2.75) is 41.0 Å². The Kier molecular flexibility index (Phi) is 3.39. The van der Waals surface area contributed by atoms with Crippen LogP contribution in [0.4, 0.5) is 0 Å². The molecule has 2 atom stereocenters. The van der Waals surface area contributed by atoms with Gasteiger partial charge in [-0.3, -0.25) is 0 Å². The molecule has 1 rings (SSSR count). The van der Waals surface area contributed by atoms with Crippen LogP contribution in [0.2, 0.25) is 0 Å². The van der Waals surface area contributed by atoms with E-state index in [1.807, 2.05) is 0 Å². The Bertz CT molecular complexity index is 163. The number of hydrogen-bond donors (Lipinski definition) is 0. The van der Waals surface area contributed by atoms with Gasteiger partial charge in [0.25, 0.3) is 0 Å². The zero-order valence-corrected chi connectivity index (χ0v) is 9.76. The molecule has 78 valence electrons. The van der Waals surface area contributed by atoms with Crippen molar-refractivity contribution < 1.29 is 4.74 Å². The summed E-state index contributed by atoms with van der Waals surface area (Å²) in [4.78, 5) is 0. The van der Waals surface area contributed by atoms with Crippen LogP contribution in [0, 0.1) is 23.2 Å². The molecule has 1 heteroatoms. The first-order valence-corrected chi connectivity index (χ1v) is 5.56. The summed E-state index contributed by atoms with van der Waals surface area (Å²) >= 11 is 0. The highest BCUT2D eigenvalue weighted by Crippen LogP contribution is 2.44. The van der Waals surface area contributed by atoms with Crippen LogP contribution in [0.15, 0.2) is 0 Å². The van der Waals surface area contributed by atoms with Crippen LogP contribution in [-0.2, 0) is 4.74 Å². The van der Waals surface area contributed by atoms with Crippen LogP contribution in [0.3, 0.4) is 0 Å². The summed E-state index contributed by atoms with van der Waals surface area (Å²) in [6.07, 6.45) is 1.23. The lowest BCUT2D eigenvalue weighted by molar-refractivity contribution is -0.0743. The molecular formula is C12H24O. The fourth-order valence-electron chi connectivity index (χ4n) is 2.55. The molecule has 0 spiro atoms. The SMILES string of the molecule is CC(C)[C@H]1COCC[C@@]1(C)C(C)C. The average Bonchev–Trinajstić information content (AvgIpc) is 2.04. The summed E-state index contributed by atoms with van der Waals surface area (Å²) in [6, 6.07) is 0. The molecular weight excluding hydrogens is 160 g/mol. The first kappa shape index (κ1) is 11.0. The third kappa shape index (κ3) is 2.07. The van der Waals surface area contributed by atoms with E-state index in [0.29, 0.717) is 5.41 Å². The Morgan fingerprint density at radius 3 is 2.23 bits per heavy atom. The minimum atomic E-state index is 0.492. The van der Waals surface area contributed by atoms with E-state index >= 15 is 0 Å². The lowest BCUT2D eigenvalue weighted by atomic mass is 9.63. The molecule has 0 aliphatic carbocycles. The molecule has 0 aromatic rings. The summed E-state index contributed by atoms with van der Waals surface area (Å²) in [7, 11) is 0. The van der Waals surface area contributed by atoms with Gasteiger partial charge in [0.2, 0.25) is 0 Å². The predicted molar refractivity (Wildman–Crippen MR) is 56.7 cm³/mol. The molecule has 0 aromatic heterocycles. The van der Waals surface area contributed by atoms with Crippen LogP contribution in [0.1, 0.15) is 41.0 Å². The zero-order chi connectivity index (χ0) is 10.1. The molecule has 1 nitrogen and oxygen atoms in total. The highest BCUT2D eigenvalue weighted by Gasteiger charge is 2.40. The van der Waals surface area contributed by atoms with Crippen LogP contribution in [0.5, 0.6) is 0 Å². The fraction of sp³-hybridized carbons (Fsp3) is 1.00. The summed E-state index contributed by atoms with van der Waals surface area (Å²) in [6.45, 7) is 13.7. The lowest BCUT2D eigenvalue weighted by Crippen LogP contribution is -2.43. The maximum Gasteiger partial charge on any atom is 0.0502 e. The average molecular weight is 184 g/mol. The minimum Gasteiger partial charge on any atom is -0.381 e. The first-order valence-electron chi connectivity index (χ1n) is 5.56. The third-order valence-corrected chi connectivity index (χ3v) is 4.05. The van der Waals surface area contributed by atoms with Crippen molar-refractivity contribution in [3.8, 4) is 0 Å². The normalized spacial score (nSPS) is 35.8. The minimum absolute atomic E-state index is 0.492. The molecule has 1 aliphatic heterocycles. The second kappa shape index (κ2) is 4.00. The second-order valence-electron chi connectivity index (χ2n) is 5.34. The molecule has 1 aliphatic rings. The fourth-order valence-corrected chi connectivity index (χ4v) is 2.55. The summed E-state index contributed by atoms with van der Waals surface area (Å²) < 4.78 is 5.59. The highest BCUT2D eigenvalue weighted by molar-refractivity contribution is 4.89. The Labute approximate surface area is 82.9 Å². The summed E-state index contributed by atoms with van der Waals surface area (Å²) in [5.74, 6) is 2.25. The van der Waals surface area contributed by atoms with Gasteiger partial charge in [0.15, 0.2) is 0 Å².